The van der Waals surface area contributed by atoms with Crippen molar-refractivity contribution >= 4 is 29.7 Å². The first-order valence-corrected chi connectivity index (χ1v) is 14.5. The normalized spacial score (nSPS) is 13.9. The van der Waals surface area contributed by atoms with Gasteiger partial charge in [0, 0.05) is 11.2 Å². The molecule has 0 bridgehead atoms. The summed E-state index contributed by atoms with van der Waals surface area (Å²) in [5, 5.41) is 5.97. The third-order valence-corrected chi connectivity index (χ3v) is 7.60. The molecule has 224 valence electrons. The van der Waals surface area contributed by atoms with Gasteiger partial charge in [-0.25, -0.2) is 4.79 Å². The number of anilines is 1. The van der Waals surface area contributed by atoms with E-state index in [4.69, 9.17) is 4.74 Å². The predicted octanol–water partition coefficient (Wildman–Crippen LogP) is 7.58. The number of alkyl carbamates (subject to hydrolysis) is 1. The first kappa shape index (κ1) is 33.6. The minimum absolute atomic E-state index is 0.216. The van der Waals surface area contributed by atoms with E-state index in [0.717, 1.165) is 22.4 Å². The Labute approximate surface area is 246 Å². The number of rotatable bonds is 11. The molecule has 41 heavy (non-hydrogen) atoms. The molecule has 0 heterocycles. The average molecular weight is 564 g/mol. The Morgan fingerprint density at radius 2 is 1.59 bits per heavy atom. The van der Waals surface area contributed by atoms with Gasteiger partial charge in [-0.2, -0.15) is 0 Å². The van der Waals surface area contributed by atoms with Crippen LogP contribution in [-0.4, -0.2) is 40.0 Å². The average Bonchev–Trinajstić information content (AvgIpc) is 2.90. The number of hydrogen-bond donors (Lipinski definition) is 2. The highest BCUT2D eigenvalue weighted by Gasteiger charge is 2.44. The van der Waals surface area contributed by atoms with Gasteiger partial charge in [0.25, 0.3) is 5.91 Å². The van der Waals surface area contributed by atoms with Gasteiger partial charge >= 0.3 is 6.09 Å². The van der Waals surface area contributed by atoms with E-state index in [1.807, 2.05) is 90.9 Å². The summed E-state index contributed by atoms with van der Waals surface area (Å²) in [7, 11) is 0. The van der Waals surface area contributed by atoms with Gasteiger partial charge in [0.2, 0.25) is 5.91 Å². The van der Waals surface area contributed by atoms with Crippen LogP contribution >= 0.6 is 0 Å². The molecule has 0 radical (unpaired) electrons. The Morgan fingerprint density at radius 3 is 2.10 bits per heavy atom. The van der Waals surface area contributed by atoms with Gasteiger partial charge in [-0.15, -0.1) is 0 Å². The SMILES string of the molecule is C=Cc1cccc(C(C(=O)Nc2c(C)cccc2C)N(C(=O)C(NC(=O)OC(C)(C)C)C(C)CC)C(C)(C)CC)c1. The highest BCUT2D eigenvalue weighted by Crippen LogP contribution is 2.35. The lowest BCUT2D eigenvalue weighted by molar-refractivity contribution is -0.148. The molecular formula is C34H49N3O4. The summed E-state index contributed by atoms with van der Waals surface area (Å²) in [6.45, 7) is 22.9. The van der Waals surface area contributed by atoms with E-state index in [0.29, 0.717) is 18.4 Å². The Morgan fingerprint density at radius 1 is 1.00 bits per heavy atom. The van der Waals surface area contributed by atoms with Crippen molar-refractivity contribution in [3.05, 3.63) is 71.3 Å². The van der Waals surface area contributed by atoms with Crippen molar-refractivity contribution in [1.29, 1.82) is 0 Å². The lowest BCUT2D eigenvalue weighted by Gasteiger charge is -2.45. The minimum Gasteiger partial charge on any atom is -0.444 e. The summed E-state index contributed by atoms with van der Waals surface area (Å²) < 4.78 is 5.52. The maximum atomic E-state index is 14.7. The Hall–Kier alpha value is -3.61. The summed E-state index contributed by atoms with van der Waals surface area (Å²) >= 11 is 0. The third-order valence-electron chi connectivity index (χ3n) is 7.60. The van der Waals surface area contributed by atoms with E-state index < -0.39 is 29.3 Å². The molecule has 0 aromatic heterocycles. The van der Waals surface area contributed by atoms with Crippen molar-refractivity contribution < 1.29 is 19.1 Å². The van der Waals surface area contributed by atoms with Crippen LogP contribution in [0, 0.1) is 19.8 Å². The van der Waals surface area contributed by atoms with E-state index in [1.54, 1.807) is 31.7 Å². The molecule has 7 nitrogen and oxygen atoms in total. The molecule has 0 aliphatic carbocycles. The van der Waals surface area contributed by atoms with Crippen LogP contribution in [0.15, 0.2) is 49.0 Å². The zero-order valence-corrected chi connectivity index (χ0v) is 26.6. The topological polar surface area (TPSA) is 87.7 Å². The lowest BCUT2D eigenvalue weighted by Crippen LogP contribution is -2.60. The van der Waals surface area contributed by atoms with Gasteiger partial charge < -0.3 is 20.3 Å². The largest absolute Gasteiger partial charge is 0.444 e. The molecule has 2 N–H and O–H groups in total. The summed E-state index contributed by atoms with van der Waals surface area (Å²) in [5.41, 5.74) is 2.58. The molecule has 7 heteroatoms. The second-order valence-electron chi connectivity index (χ2n) is 12.4. The van der Waals surface area contributed by atoms with Crippen molar-refractivity contribution in [2.45, 2.75) is 105 Å². The second-order valence-corrected chi connectivity index (χ2v) is 12.4. The number of benzene rings is 2. The zero-order chi connectivity index (χ0) is 31.1. The van der Waals surface area contributed by atoms with Gasteiger partial charge in [0.1, 0.15) is 17.7 Å². The second kappa shape index (κ2) is 13.8. The van der Waals surface area contributed by atoms with Gasteiger partial charge in [0.05, 0.1) is 0 Å². The number of ether oxygens (including phenoxy) is 1. The number of nitrogens with zero attached hydrogens (tertiary/aromatic N) is 1. The quantitative estimate of drug-likeness (QED) is 0.295. The van der Waals surface area contributed by atoms with Crippen molar-refractivity contribution in [3.8, 4) is 0 Å². The monoisotopic (exact) mass is 563 g/mol. The van der Waals surface area contributed by atoms with Gasteiger partial charge in [-0.1, -0.05) is 76.2 Å². The van der Waals surface area contributed by atoms with Crippen molar-refractivity contribution in [2.75, 3.05) is 5.32 Å². The van der Waals surface area contributed by atoms with Crippen LogP contribution in [0.3, 0.4) is 0 Å². The van der Waals surface area contributed by atoms with Crippen LogP contribution < -0.4 is 10.6 Å². The first-order valence-electron chi connectivity index (χ1n) is 14.5. The molecule has 0 saturated heterocycles. The molecule has 3 unspecified atom stereocenters. The molecule has 2 rings (SSSR count). The Kier molecular flexibility index (Phi) is 11.3. The fourth-order valence-electron chi connectivity index (χ4n) is 4.69. The van der Waals surface area contributed by atoms with Crippen molar-refractivity contribution in [2.24, 2.45) is 5.92 Å². The van der Waals surface area contributed by atoms with Crippen LogP contribution in [0.25, 0.3) is 6.08 Å². The van der Waals surface area contributed by atoms with Crippen LogP contribution in [0.1, 0.15) is 96.5 Å². The van der Waals surface area contributed by atoms with Gasteiger partial charge in [-0.3, -0.25) is 9.59 Å². The minimum atomic E-state index is -0.983. The Bertz CT molecular complexity index is 1220. The number of hydrogen-bond acceptors (Lipinski definition) is 4. The first-order chi connectivity index (χ1) is 19.1. The predicted molar refractivity (Wildman–Crippen MR) is 168 cm³/mol. The van der Waals surface area contributed by atoms with Crippen LogP contribution in [0.4, 0.5) is 10.5 Å². The summed E-state index contributed by atoms with van der Waals surface area (Å²) in [4.78, 5) is 43.6. The molecule has 0 aliphatic heterocycles. The fraction of sp³-hybridized carbons (Fsp3) is 0.500. The zero-order valence-electron chi connectivity index (χ0n) is 26.6. The molecule has 0 fully saturated rings. The molecular weight excluding hydrogens is 514 g/mol. The van der Waals surface area contributed by atoms with Crippen LogP contribution in [0.2, 0.25) is 0 Å². The molecule has 0 saturated carbocycles. The third kappa shape index (κ3) is 8.69. The Balaban J connectivity index is 2.74. The molecule has 3 atom stereocenters. The lowest BCUT2D eigenvalue weighted by atomic mass is 9.89. The highest BCUT2D eigenvalue weighted by atomic mass is 16.6. The maximum absolute atomic E-state index is 14.7. The van der Waals surface area contributed by atoms with E-state index in [9.17, 15) is 14.4 Å². The number of carbonyl (C=O) groups excluding carboxylic acids is 3. The molecule has 0 spiro atoms. The van der Waals surface area contributed by atoms with Crippen LogP contribution in [0.5, 0.6) is 0 Å². The van der Waals surface area contributed by atoms with Gasteiger partial charge in [-0.05, 0) is 89.1 Å². The van der Waals surface area contributed by atoms with E-state index in [2.05, 4.69) is 17.2 Å². The number of amides is 3. The maximum Gasteiger partial charge on any atom is 0.408 e. The highest BCUT2D eigenvalue weighted by molar-refractivity contribution is 6.00. The van der Waals surface area contributed by atoms with Crippen molar-refractivity contribution in [1.82, 2.24) is 10.2 Å². The van der Waals surface area contributed by atoms with Crippen molar-refractivity contribution in [3.63, 3.8) is 0 Å². The van der Waals surface area contributed by atoms with E-state index in [1.165, 1.54) is 0 Å². The number of carbonyl (C=O) groups is 3. The fourth-order valence-corrected chi connectivity index (χ4v) is 4.69. The molecule has 2 aromatic carbocycles. The smallest absolute Gasteiger partial charge is 0.408 e. The number of para-hydroxylation sites is 1. The van der Waals surface area contributed by atoms with E-state index in [-0.39, 0.29) is 17.7 Å². The number of nitrogens with one attached hydrogen (secondary N) is 2. The summed E-state index contributed by atoms with van der Waals surface area (Å²) in [5.74, 6) is -0.895. The van der Waals surface area contributed by atoms with Gasteiger partial charge in [0.15, 0.2) is 0 Å². The molecule has 3 amide bonds. The summed E-state index contributed by atoms with van der Waals surface area (Å²) in [6.07, 6.45) is 2.26. The number of aryl methyl sites for hydroxylation is 2. The molecule has 0 aliphatic rings. The van der Waals surface area contributed by atoms with Crippen LogP contribution in [-0.2, 0) is 14.3 Å². The molecule has 2 aromatic rings. The standard InChI is InChI=1S/C34H49N3O4/c1-12-22(4)28(36-32(40)41-33(7,8)9)31(39)37(34(10,11)14-3)29(26-20-16-19-25(13-2)21-26)30(38)35-27-23(5)17-15-18-24(27)6/h13,15-22,28-29H,2,12,14H2,1,3-11H3,(H,35,38)(H,36,40). The summed E-state index contributed by atoms with van der Waals surface area (Å²) in [6, 6.07) is 11.4. The van der Waals surface area contributed by atoms with E-state index >= 15 is 0 Å².